The Labute approximate surface area is 138 Å². The average Bonchev–Trinajstić information content (AvgIpc) is 2.45. The summed E-state index contributed by atoms with van der Waals surface area (Å²) in [5, 5.41) is 0. The lowest BCUT2D eigenvalue weighted by Gasteiger charge is -2.30. The van der Waals surface area contributed by atoms with Crippen LogP contribution in [-0.4, -0.2) is 31.4 Å². The molecule has 0 aliphatic carbocycles. The monoisotopic (exact) mass is 362 g/mol. The zero-order valence-electron chi connectivity index (χ0n) is 13.8. The van der Waals surface area contributed by atoms with Crippen LogP contribution in [0.5, 0.6) is 0 Å². The highest BCUT2D eigenvalue weighted by Gasteiger charge is 2.38. The van der Waals surface area contributed by atoms with E-state index in [1.165, 1.54) is 0 Å². The predicted octanol–water partition coefficient (Wildman–Crippen LogP) is 5.94. The second kappa shape index (κ2) is 10.8. The molecule has 0 heterocycles. The van der Waals surface area contributed by atoms with Crippen LogP contribution in [0.25, 0.3) is 0 Å². The molecule has 0 aromatic carbocycles. The van der Waals surface area contributed by atoms with Crippen molar-refractivity contribution in [2.75, 3.05) is 13.2 Å². The summed E-state index contributed by atoms with van der Waals surface area (Å²) < 4.78 is 82.5. The maximum atomic E-state index is 12.2. The number of unbranched alkanes of at least 4 members (excludes halogenated alkanes) is 1. The number of alkyl halides is 6. The average molecular weight is 362 g/mol. The van der Waals surface area contributed by atoms with Crippen molar-refractivity contribution < 1.29 is 35.8 Å². The van der Waals surface area contributed by atoms with E-state index in [0.29, 0.717) is 0 Å². The van der Waals surface area contributed by atoms with Crippen molar-refractivity contribution in [3.63, 3.8) is 0 Å². The van der Waals surface area contributed by atoms with Gasteiger partial charge in [-0.3, -0.25) is 0 Å². The van der Waals surface area contributed by atoms with E-state index >= 15 is 0 Å². The standard InChI is InChI=1S/C16H24F6O2/c1-3-4-5-6-7-8-9-10-11-14(2,23-12-15(17,18)19)24-13-16(20,21)22/h4-5,8-9H,3,6-7,10-13H2,1-2H3. The minimum atomic E-state index is -4.63. The fourth-order valence-corrected chi connectivity index (χ4v) is 1.71. The molecule has 0 radical (unpaired) electrons. The molecule has 0 saturated heterocycles. The zero-order chi connectivity index (χ0) is 18.7. The van der Waals surface area contributed by atoms with Gasteiger partial charge in [-0.2, -0.15) is 26.3 Å². The molecule has 8 heteroatoms. The van der Waals surface area contributed by atoms with Gasteiger partial charge in [0.25, 0.3) is 0 Å². The molecule has 0 saturated carbocycles. The van der Waals surface area contributed by atoms with Crippen molar-refractivity contribution >= 4 is 0 Å². The molecule has 0 aliphatic heterocycles. The van der Waals surface area contributed by atoms with Crippen molar-refractivity contribution in [2.45, 2.75) is 64.1 Å². The van der Waals surface area contributed by atoms with Gasteiger partial charge in [-0.05, 0) is 32.6 Å². The predicted molar refractivity (Wildman–Crippen MR) is 79.5 cm³/mol. The van der Waals surface area contributed by atoms with Gasteiger partial charge in [0.15, 0.2) is 5.79 Å². The van der Waals surface area contributed by atoms with Crippen molar-refractivity contribution in [3.8, 4) is 0 Å². The number of allylic oxidation sites excluding steroid dienone is 4. The third-order valence-corrected chi connectivity index (χ3v) is 2.92. The lowest BCUT2D eigenvalue weighted by Crippen LogP contribution is -2.39. The van der Waals surface area contributed by atoms with Gasteiger partial charge in [0, 0.05) is 6.42 Å². The van der Waals surface area contributed by atoms with Gasteiger partial charge in [0.05, 0.1) is 0 Å². The van der Waals surface area contributed by atoms with Gasteiger partial charge >= 0.3 is 12.4 Å². The summed E-state index contributed by atoms with van der Waals surface area (Å²) in [6, 6.07) is 0. The molecule has 0 aromatic heterocycles. The van der Waals surface area contributed by atoms with Crippen LogP contribution in [0.2, 0.25) is 0 Å². The molecule has 0 fully saturated rings. The quantitative estimate of drug-likeness (QED) is 0.196. The molecule has 0 bridgehead atoms. The van der Waals surface area contributed by atoms with Crippen LogP contribution in [0, 0.1) is 0 Å². The smallest absolute Gasteiger partial charge is 0.341 e. The second-order valence-corrected chi connectivity index (χ2v) is 5.41. The molecule has 0 unspecified atom stereocenters. The number of rotatable bonds is 11. The Bertz CT molecular complexity index is 367. The Morgan fingerprint density at radius 3 is 1.54 bits per heavy atom. The van der Waals surface area contributed by atoms with Crippen LogP contribution >= 0.6 is 0 Å². The third-order valence-electron chi connectivity index (χ3n) is 2.92. The van der Waals surface area contributed by atoms with E-state index in [4.69, 9.17) is 0 Å². The molecule has 142 valence electrons. The molecule has 0 atom stereocenters. The Balaban J connectivity index is 4.42. The highest BCUT2D eigenvalue weighted by molar-refractivity contribution is 4.88. The minimum Gasteiger partial charge on any atom is -0.341 e. The minimum absolute atomic E-state index is 0.111. The largest absolute Gasteiger partial charge is 0.411 e. The van der Waals surface area contributed by atoms with Crippen molar-refractivity contribution in [2.24, 2.45) is 0 Å². The summed E-state index contributed by atoms with van der Waals surface area (Å²) in [4.78, 5) is 0. The Hall–Kier alpha value is -1.02. The molecule has 0 amide bonds. The first-order valence-electron chi connectivity index (χ1n) is 7.69. The number of halogens is 6. The number of hydrogen-bond acceptors (Lipinski definition) is 2. The fraction of sp³-hybridized carbons (Fsp3) is 0.750. The highest BCUT2D eigenvalue weighted by Crippen LogP contribution is 2.27. The number of hydrogen-bond donors (Lipinski definition) is 0. The van der Waals surface area contributed by atoms with Crippen molar-refractivity contribution in [1.82, 2.24) is 0 Å². The van der Waals surface area contributed by atoms with Gasteiger partial charge in [-0.25, -0.2) is 0 Å². The maximum absolute atomic E-state index is 12.2. The topological polar surface area (TPSA) is 18.5 Å². The Kier molecular flexibility index (Phi) is 10.3. The summed E-state index contributed by atoms with van der Waals surface area (Å²) in [5.41, 5.74) is 0. The lowest BCUT2D eigenvalue weighted by atomic mass is 10.1. The van der Waals surface area contributed by atoms with E-state index < -0.39 is 31.4 Å². The van der Waals surface area contributed by atoms with Gasteiger partial charge in [-0.15, -0.1) is 0 Å². The highest BCUT2D eigenvalue weighted by atomic mass is 19.4. The van der Waals surface area contributed by atoms with Crippen molar-refractivity contribution in [3.05, 3.63) is 24.3 Å². The van der Waals surface area contributed by atoms with E-state index in [1.54, 1.807) is 6.08 Å². The SMILES string of the molecule is CCC=CCCC=CCCC(C)(OCC(F)(F)F)OCC(F)(F)F. The normalized spacial score (nSPS) is 14.2. The first kappa shape index (κ1) is 23.0. The summed E-state index contributed by atoms with van der Waals surface area (Å²) in [5.74, 6) is -1.95. The summed E-state index contributed by atoms with van der Waals surface area (Å²) >= 11 is 0. The Morgan fingerprint density at radius 2 is 1.12 bits per heavy atom. The second-order valence-electron chi connectivity index (χ2n) is 5.41. The van der Waals surface area contributed by atoms with E-state index in [0.717, 1.165) is 26.2 Å². The van der Waals surface area contributed by atoms with Crippen LogP contribution in [0.4, 0.5) is 26.3 Å². The number of ether oxygens (including phenoxy) is 2. The molecule has 0 spiro atoms. The first-order chi connectivity index (χ1) is 11.0. The van der Waals surface area contributed by atoms with E-state index in [9.17, 15) is 26.3 Å². The van der Waals surface area contributed by atoms with Crippen LogP contribution in [-0.2, 0) is 9.47 Å². The van der Waals surface area contributed by atoms with E-state index in [1.807, 2.05) is 25.2 Å². The summed E-state index contributed by atoms with van der Waals surface area (Å²) in [7, 11) is 0. The molecular weight excluding hydrogens is 338 g/mol. The van der Waals surface area contributed by atoms with E-state index in [2.05, 4.69) is 9.47 Å². The van der Waals surface area contributed by atoms with Crippen LogP contribution in [0.1, 0.15) is 46.0 Å². The zero-order valence-corrected chi connectivity index (χ0v) is 13.8. The fourth-order valence-electron chi connectivity index (χ4n) is 1.71. The lowest BCUT2D eigenvalue weighted by molar-refractivity contribution is -0.305. The summed E-state index contributed by atoms with van der Waals surface area (Å²) in [6.07, 6.45) is 0.943. The van der Waals surface area contributed by atoms with Crippen LogP contribution in [0.15, 0.2) is 24.3 Å². The molecule has 0 N–H and O–H groups in total. The molecular formula is C16H24F6O2. The molecule has 2 nitrogen and oxygen atoms in total. The van der Waals surface area contributed by atoms with E-state index in [-0.39, 0.29) is 12.8 Å². The van der Waals surface area contributed by atoms with Gasteiger partial charge in [0.1, 0.15) is 13.2 Å². The van der Waals surface area contributed by atoms with Crippen LogP contribution in [0.3, 0.4) is 0 Å². The first-order valence-corrected chi connectivity index (χ1v) is 7.69. The van der Waals surface area contributed by atoms with Crippen molar-refractivity contribution in [1.29, 1.82) is 0 Å². The Morgan fingerprint density at radius 1 is 0.708 bits per heavy atom. The molecule has 0 rings (SSSR count). The molecule has 24 heavy (non-hydrogen) atoms. The molecule has 0 aliphatic rings. The third kappa shape index (κ3) is 14.6. The van der Waals surface area contributed by atoms with Gasteiger partial charge in [-0.1, -0.05) is 31.2 Å². The summed E-state index contributed by atoms with van der Waals surface area (Å²) in [6.45, 7) is -0.225. The molecule has 0 aromatic rings. The van der Waals surface area contributed by atoms with Gasteiger partial charge < -0.3 is 9.47 Å². The van der Waals surface area contributed by atoms with Crippen LogP contribution < -0.4 is 0 Å². The van der Waals surface area contributed by atoms with Gasteiger partial charge in [0.2, 0.25) is 0 Å². The maximum Gasteiger partial charge on any atom is 0.411 e.